The van der Waals surface area contributed by atoms with E-state index in [1.54, 1.807) is 17.0 Å². The van der Waals surface area contributed by atoms with Gasteiger partial charge in [-0.15, -0.1) is 0 Å². The van der Waals surface area contributed by atoms with E-state index in [1.165, 1.54) is 0 Å². The van der Waals surface area contributed by atoms with Gasteiger partial charge in [0.15, 0.2) is 0 Å². The average Bonchev–Trinajstić information content (AvgIpc) is 2.35. The SMILES string of the molecule is CC(C)Cn1ccnc(NN2CCOCC2)c1=O. The first kappa shape index (κ1) is 13.0. The highest BCUT2D eigenvalue weighted by Gasteiger charge is 2.13. The van der Waals surface area contributed by atoms with Crippen LogP contribution >= 0.6 is 0 Å². The minimum atomic E-state index is -0.0716. The van der Waals surface area contributed by atoms with Gasteiger partial charge < -0.3 is 9.30 Å². The zero-order valence-corrected chi connectivity index (χ0v) is 10.9. The third kappa shape index (κ3) is 3.30. The highest BCUT2D eigenvalue weighted by molar-refractivity contribution is 5.29. The van der Waals surface area contributed by atoms with Crippen molar-refractivity contribution in [3.8, 4) is 0 Å². The highest BCUT2D eigenvalue weighted by atomic mass is 16.5. The van der Waals surface area contributed by atoms with Gasteiger partial charge in [-0.1, -0.05) is 13.8 Å². The molecule has 1 fully saturated rings. The maximum Gasteiger partial charge on any atom is 0.294 e. The Kier molecular flexibility index (Phi) is 4.33. The number of nitrogens with one attached hydrogen (secondary N) is 1. The van der Waals surface area contributed by atoms with Crippen LogP contribution in [0.4, 0.5) is 5.82 Å². The summed E-state index contributed by atoms with van der Waals surface area (Å²) in [5, 5.41) is 1.97. The lowest BCUT2D eigenvalue weighted by Crippen LogP contribution is -2.42. The molecule has 0 radical (unpaired) electrons. The molecule has 1 aliphatic rings. The van der Waals surface area contributed by atoms with Crippen LogP contribution in [-0.2, 0) is 11.3 Å². The number of aromatic nitrogens is 2. The lowest BCUT2D eigenvalue weighted by atomic mass is 10.2. The van der Waals surface area contributed by atoms with Crippen LogP contribution in [0, 0.1) is 5.92 Å². The van der Waals surface area contributed by atoms with E-state index in [2.05, 4.69) is 24.3 Å². The monoisotopic (exact) mass is 252 g/mol. The van der Waals surface area contributed by atoms with Gasteiger partial charge in [-0.25, -0.2) is 9.99 Å². The lowest BCUT2D eigenvalue weighted by molar-refractivity contribution is 0.0494. The predicted molar refractivity (Wildman–Crippen MR) is 69.3 cm³/mol. The molecule has 0 spiro atoms. The molecule has 6 heteroatoms. The Hall–Kier alpha value is -1.40. The normalized spacial score (nSPS) is 17.1. The molecular weight excluding hydrogens is 232 g/mol. The molecule has 1 aliphatic heterocycles. The fourth-order valence-corrected chi connectivity index (χ4v) is 1.89. The van der Waals surface area contributed by atoms with Gasteiger partial charge >= 0.3 is 0 Å². The molecule has 2 heterocycles. The van der Waals surface area contributed by atoms with E-state index in [1.807, 2.05) is 5.01 Å². The zero-order chi connectivity index (χ0) is 13.0. The third-order valence-electron chi connectivity index (χ3n) is 2.75. The van der Waals surface area contributed by atoms with Crippen LogP contribution in [0.15, 0.2) is 17.2 Å². The topological polar surface area (TPSA) is 59.4 Å². The number of hydrogen-bond acceptors (Lipinski definition) is 5. The van der Waals surface area contributed by atoms with Gasteiger partial charge in [-0.3, -0.25) is 10.2 Å². The summed E-state index contributed by atoms with van der Waals surface area (Å²) in [5.74, 6) is 0.821. The summed E-state index contributed by atoms with van der Waals surface area (Å²) in [6.45, 7) is 7.77. The summed E-state index contributed by atoms with van der Waals surface area (Å²) in [7, 11) is 0. The molecule has 0 unspecified atom stereocenters. The van der Waals surface area contributed by atoms with Gasteiger partial charge in [0.05, 0.1) is 13.2 Å². The van der Waals surface area contributed by atoms with E-state index in [0.29, 0.717) is 31.5 Å². The van der Waals surface area contributed by atoms with Gasteiger partial charge in [0, 0.05) is 32.0 Å². The summed E-state index contributed by atoms with van der Waals surface area (Å²) in [5.41, 5.74) is 3.00. The second-order valence-electron chi connectivity index (χ2n) is 4.84. The number of morpholine rings is 1. The van der Waals surface area contributed by atoms with E-state index in [4.69, 9.17) is 4.74 Å². The molecule has 0 atom stereocenters. The van der Waals surface area contributed by atoms with Crippen molar-refractivity contribution >= 4 is 5.82 Å². The minimum Gasteiger partial charge on any atom is -0.379 e. The van der Waals surface area contributed by atoms with E-state index >= 15 is 0 Å². The number of nitrogens with zero attached hydrogens (tertiary/aromatic N) is 3. The standard InChI is InChI=1S/C12H20N4O2/c1-10(2)9-15-4-3-13-11(12(15)17)14-16-5-7-18-8-6-16/h3-4,10H,5-9H2,1-2H3,(H,13,14). The third-order valence-corrected chi connectivity index (χ3v) is 2.75. The molecule has 0 aliphatic carbocycles. The summed E-state index contributed by atoms with van der Waals surface area (Å²) in [6, 6.07) is 0. The highest BCUT2D eigenvalue weighted by Crippen LogP contribution is 2.02. The first-order chi connectivity index (χ1) is 8.66. The van der Waals surface area contributed by atoms with E-state index in [9.17, 15) is 4.79 Å². The summed E-state index contributed by atoms with van der Waals surface area (Å²) in [6.07, 6.45) is 3.39. The first-order valence-electron chi connectivity index (χ1n) is 6.31. The predicted octanol–water partition coefficient (Wildman–Crippen LogP) is 0.558. The number of ether oxygens (including phenoxy) is 1. The lowest BCUT2D eigenvalue weighted by Gasteiger charge is -2.27. The van der Waals surface area contributed by atoms with Crippen LogP contribution in [0.1, 0.15) is 13.8 Å². The Bertz CT molecular complexity index is 438. The van der Waals surface area contributed by atoms with Crippen molar-refractivity contribution < 1.29 is 4.74 Å². The molecule has 0 bridgehead atoms. The van der Waals surface area contributed by atoms with Crippen molar-refractivity contribution in [2.45, 2.75) is 20.4 Å². The number of hydrazine groups is 1. The second kappa shape index (κ2) is 5.97. The Morgan fingerprint density at radius 3 is 2.83 bits per heavy atom. The fraction of sp³-hybridized carbons (Fsp3) is 0.667. The molecule has 1 N–H and O–H groups in total. The Balaban J connectivity index is 2.10. The van der Waals surface area contributed by atoms with Crippen molar-refractivity contribution in [1.29, 1.82) is 0 Å². The Morgan fingerprint density at radius 2 is 2.17 bits per heavy atom. The smallest absolute Gasteiger partial charge is 0.294 e. The first-order valence-corrected chi connectivity index (χ1v) is 6.31. The van der Waals surface area contributed by atoms with E-state index in [-0.39, 0.29) is 5.56 Å². The van der Waals surface area contributed by atoms with Crippen molar-refractivity contribution in [2.75, 3.05) is 31.7 Å². The zero-order valence-electron chi connectivity index (χ0n) is 10.9. The van der Waals surface area contributed by atoms with Crippen LogP contribution in [-0.4, -0.2) is 40.9 Å². The van der Waals surface area contributed by atoms with Gasteiger partial charge in [-0.05, 0) is 5.92 Å². The molecule has 6 nitrogen and oxygen atoms in total. The number of rotatable bonds is 4. The van der Waals surface area contributed by atoms with Crippen molar-refractivity contribution in [2.24, 2.45) is 5.92 Å². The molecule has 0 aromatic carbocycles. The molecule has 100 valence electrons. The number of anilines is 1. The largest absolute Gasteiger partial charge is 0.379 e. The Labute approximate surface area is 107 Å². The maximum absolute atomic E-state index is 12.2. The van der Waals surface area contributed by atoms with Crippen LogP contribution in [0.25, 0.3) is 0 Å². The Morgan fingerprint density at radius 1 is 1.44 bits per heavy atom. The van der Waals surface area contributed by atoms with Gasteiger partial charge in [-0.2, -0.15) is 0 Å². The maximum atomic E-state index is 12.2. The molecular formula is C12H20N4O2. The van der Waals surface area contributed by atoms with Crippen LogP contribution < -0.4 is 11.0 Å². The van der Waals surface area contributed by atoms with Crippen LogP contribution in [0.3, 0.4) is 0 Å². The summed E-state index contributed by atoms with van der Waals surface area (Å²) < 4.78 is 6.95. The van der Waals surface area contributed by atoms with Crippen molar-refractivity contribution in [3.05, 3.63) is 22.7 Å². The average molecular weight is 252 g/mol. The van der Waals surface area contributed by atoms with Crippen LogP contribution in [0.5, 0.6) is 0 Å². The summed E-state index contributed by atoms with van der Waals surface area (Å²) >= 11 is 0. The molecule has 0 saturated carbocycles. The van der Waals surface area contributed by atoms with Crippen molar-refractivity contribution in [3.63, 3.8) is 0 Å². The van der Waals surface area contributed by atoms with Gasteiger partial charge in [0.2, 0.25) is 5.82 Å². The molecule has 2 rings (SSSR count). The minimum absolute atomic E-state index is 0.0716. The molecule has 18 heavy (non-hydrogen) atoms. The van der Waals surface area contributed by atoms with E-state index in [0.717, 1.165) is 13.1 Å². The number of hydrogen-bond donors (Lipinski definition) is 1. The van der Waals surface area contributed by atoms with Gasteiger partial charge in [0.25, 0.3) is 5.56 Å². The molecule has 0 amide bonds. The quantitative estimate of drug-likeness (QED) is 0.848. The van der Waals surface area contributed by atoms with Crippen LogP contribution in [0.2, 0.25) is 0 Å². The molecule has 1 aromatic rings. The van der Waals surface area contributed by atoms with Gasteiger partial charge in [0.1, 0.15) is 0 Å². The second-order valence-corrected chi connectivity index (χ2v) is 4.84. The fourth-order valence-electron chi connectivity index (χ4n) is 1.89. The van der Waals surface area contributed by atoms with Crippen molar-refractivity contribution in [1.82, 2.24) is 14.6 Å². The molecule has 1 saturated heterocycles. The van der Waals surface area contributed by atoms with E-state index < -0.39 is 0 Å². The molecule has 1 aromatic heterocycles. The summed E-state index contributed by atoms with van der Waals surface area (Å²) in [4.78, 5) is 16.3.